The number of carbonyl (C=O) groups is 1. The molecule has 1 aromatic carbocycles. The van der Waals surface area contributed by atoms with Crippen LogP contribution in [-0.2, 0) is 11.2 Å². The van der Waals surface area contributed by atoms with Crippen LogP contribution in [0, 0.1) is 0 Å². The molecule has 1 heterocycles. The number of methoxy groups -OCH3 is 1. The van der Waals surface area contributed by atoms with Crippen molar-refractivity contribution in [3.05, 3.63) is 23.8 Å². The fraction of sp³-hybridized carbons (Fsp3) is 0.417. The van der Waals surface area contributed by atoms with Crippen molar-refractivity contribution in [1.82, 2.24) is 0 Å². The molecule has 1 atom stereocenters. The molecule has 0 aromatic heterocycles. The van der Waals surface area contributed by atoms with Gasteiger partial charge < -0.3 is 9.64 Å². The molecule has 0 saturated heterocycles. The molecular weight excluding hydrogens is 190 g/mol. The number of amides is 1. The summed E-state index contributed by atoms with van der Waals surface area (Å²) in [5, 5.41) is 0. The molecule has 80 valence electrons. The van der Waals surface area contributed by atoms with Crippen LogP contribution in [0.3, 0.4) is 0 Å². The second-order valence-electron chi connectivity index (χ2n) is 3.94. The summed E-state index contributed by atoms with van der Waals surface area (Å²) >= 11 is 0. The van der Waals surface area contributed by atoms with E-state index in [1.165, 1.54) is 5.56 Å². The number of hydrogen-bond donors (Lipinski definition) is 0. The van der Waals surface area contributed by atoms with Gasteiger partial charge in [0.15, 0.2) is 0 Å². The molecule has 0 saturated carbocycles. The Bertz CT molecular complexity index is 401. The smallest absolute Gasteiger partial charge is 0.224 e. The highest BCUT2D eigenvalue weighted by Gasteiger charge is 2.28. The summed E-state index contributed by atoms with van der Waals surface area (Å²) in [6, 6.07) is 6.12. The summed E-state index contributed by atoms with van der Waals surface area (Å²) in [5.41, 5.74) is 2.22. The number of rotatable bonds is 1. The van der Waals surface area contributed by atoms with Crippen LogP contribution in [0.15, 0.2) is 18.2 Å². The third-order valence-corrected chi connectivity index (χ3v) is 2.84. The molecule has 15 heavy (non-hydrogen) atoms. The minimum Gasteiger partial charge on any atom is -0.497 e. The van der Waals surface area contributed by atoms with Gasteiger partial charge >= 0.3 is 0 Å². The van der Waals surface area contributed by atoms with Gasteiger partial charge in [0.1, 0.15) is 5.75 Å². The van der Waals surface area contributed by atoms with Crippen molar-refractivity contribution >= 4 is 11.6 Å². The minimum atomic E-state index is 0.103. The molecule has 3 heteroatoms. The van der Waals surface area contributed by atoms with Crippen LogP contribution in [-0.4, -0.2) is 19.1 Å². The largest absolute Gasteiger partial charge is 0.497 e. The van der Waals surface area contributed by atoms with Gasteiger partial charge in [-0.05, 0) is 37.1 Å². The van der Waals surface area contributed by atoms with E-state index < -0.39 is 0 Å². The second-order valence-corrected chi connectivity index (χ2v) is 3.94. The zero-order valence-corrected chi connectivity index (χ0v) is 9.28. The molecule has 0 bridgehead atoms. The molecule has 1 aliphatic rings. The first-order valence-corrected chi connectivity index (χ1v) is 5.10. The van der Waals surface area contributed by atoms with Crippen LogP contribution in [0.4, 0.5) is 5.69 Å². The fourth-order valence-electron chi connectivity index (χ4n) is 2.21. The lowest BCUT2D eigenvalue weighted by molar-refractivity contribution is -0.116. The predicted octanol–water partition coefficient (Wildman–Crippen LogP) is 1.99. The maximum Gasteiger partial charge on any atom is 0.224 e. The van der Waals surface area contributed by atoms with Gasteiger partial charge in [-0.3, -0.25) is 4.79 Å². The normalized spacial score (nSPS) is 18.9. The Balaban J connectivity index is 2.43. The molecule has 0 radical (unpaired) electrons. The Kier molecular flexibility index (Phi) is 2.39. The number of fused-ring (bicyclic) bond motifs is 1. The molecule has 0 spiro atoms. The summed E-state index contributed by atoms with van der Waals surface area (Å²) in [6.45, 7) is 3.67. The van der Waals surface area contributed by atoms with E-state index in [0.717, 1.165) is 17.9 Å². The summed E-state index contributed by atoms with van der Waals surface area (Å²) in [7, 11) is 1.66. The number of ether oxygens (including phenoxy) is 1. The SMILES string of the molecule is COc1ccc2c(c1)C[C@@H](C)N2C(C)=O. The van der Waals surface area contributed by atoms with E-state index >= 15 is 0 Å². The lowest BCUT2D eigenvalue weighted by atomic mass is 10.1. The molecule has 1 amide bonds. The average Bonchev–Trinajstić information content (AvgIpc) is 2.52. The summed E-state index contributed by atoms with van der Waals surface area (Å²) in [6.07, 6.45) is 0.909. The van der Waals surface area contributed by atoms with E-state index in [0.29, 0.717) is 0 Å². The van der Waals surface area contributed by atoms with Crippen LogP contribution in [0.25, 0.3) is 0 Å². The molecule has 2 rings (SSSR count). The van der Waals surface area contributed by atoms with Gasteiger partial charge in [-0.1, -0.05) is 0 Å². The van der Waals surface area contributed by atoms with Crippen molar-refractivity contribution in [2.75, 3.05) is 12.0 Å². The van der Waals surface area contributed by atoms with Crippen molar-refractivity contribution in [2.45, 2.75) is 26.3 Å². The summed E-state index contributed by atoms with van der Waals surface area (Å²) in [5.74, 6) is 0.956. The lowest BCUT2D eigenvalue weighted by Gasteiger charge is -2.20. The van der Waals surface area contributed by atoms with Gasteiger partial charge in [0.25, 0.3) is 0 Å². The predicted molar refractivity (Wildman–Crippen MR) is 59.3 cm³/mol. The van der Waals surface area contributed by atoms with Crippen LogP contribution in [0.5, 0.6) is 5.75 Å². The van der Waals surface area contributed by atoms with Gasteiger partial charge in [0.05, 0.1) is 7.11 Å². The molecule has 0 fully saturated rings. The number of hydrogen-bond acceptors (Lipinski definition) is 2. The number of carbonyl (C=O) groups excluding carboxylic acids is 1. The van der Waals surface area contributed by atoms with E-state index in [4.69, 9.17) is 4.74 Å². The Morgan fingerprint density at radius 2 is 2.27 bits per heavy atom. The lowest BCUT2D eigenvalue weighted by Crippen LogP contribution is -2.33. The topological polar surface area (TPSA) is 29.5 Å². The molecule has 0 N–H and O–H groups in total. The van der Waals surface area contributed by atoms with Crippen LogP contribution in [0.2, 0.25) is 0 Å². The minimum absolute atomic E-state index is 0.103. The van der Waals surface area contributed by atoms with Gasteiger partial charge in [0, 0.05) is 18.7 Å². The Morgan fingerprint density at radius 3 is 2.87 bits per heavy atom. The monoisotopic (exact) mass is 205 g/mol. The van der Waals surface area contributed by atoms with E-state index in [2.05, 4.69) is 6.92 Å². The van der Waals surface area contributed by atoms with Crippen LogP contribution in [0.1, 0.15) is 19.4 Å². The van der Waals surface area contributed by atoms with Crippen molar-refractivity contribution < 1.29 is 9.53 Å². The number of nitrogens with zero attached hydrogens (tertiary/aromatic N) is 1. The van der Waals surface area contributed by atoms with Crippen molar-refractivity contribution in [3.63, 3.8) is 0 Å². The molecule has 3 nitrogen and oxygen atoms in total. The highest BCUT2D eigenvalue weighted by molar-refractivity contribution is 5.94. The Morgan fingerprint density at radius 1 is 1.53 bits per heavy atom. The average molecular weight is 205 g/mol. The third-order valence-electron chi connectivity index (χ3n) is 2.84. The molecule has 0 unspecified atom stereocenters. The first kappa shape index (κ1) is 10.0. The maximum absolute atomic E-state index is 11.5. The quantitative estimate of drug-likeness (QED) is 0.701. The van der Waals surface area contributed by atoms with Crippen LogP contribution >= 0.6 is 0 Å². The van der Waals surface area contributed by atoms with Gasteiger partial charge in [-0.15, -0.1) is 0 Å². The third kappa shape index (κ3) is 1.58. The van der Waals surface area contributed by atoms with Gasteiger partial charge in [-0.25, -0.2) is 0 Å². The van der Waals surface area contributed by atoms with E-state index in [1.807, 2.05) is 23.1 Å². The highest BCUT2D eigenvalue weighted by Crippen LogP contribution is 2.34. The summed E-state index contributed by atoms with van der Waals surface area (Å²) < 4.78 is 5.17. The first-order chi connectivity index (χ1) is 7.13. The molecule has 1 aromatic rings. The maximum atomic E-state index is 11.5. The number of anilines is 1. The van der Waals surface area contributed by atoms with E-state index in [1.54, 1.807) is 14.0 Å². The first-order valence-electron chi connectivity index (χ1n) is 5.10. The van der Waals surface area contributed by atoms with Crippen LogP contribution < -0.4 is 9.64 Å². The van der Waals surface area contributed by atoms with Crippen molar-refractivity contribution in [1.29, 1.82) is 0 Å². The van der Waals surface area contributed by atoms with E-state index in [-0.39, 0.29) is 11.9 Å². The molecular formula is C12H15NO2. The zero-order valence-electron chi connectivity index (χ0n) is 9.28. The summed E-state index contributed by atoms with van der Waals surface area (Å²) in [4.78, 5) is 13.3. The standard InChI is InChI=1S/C12H15NO2/c1-8-6-10-7-11(15-3)4-5-12(10)13(8)9(2)14/h4-5,7-8H,6H2,1-3H3/t8-/m1/s1. The zero-order chi connectivity index (χ0) is 11.0. The molecule has 0 aliphatic carbocycles. The van der Waals surface area contributed by atoms with Crippen molar-refractivity contribution in [3.8, 4) is 5.75 Å². The number of benzene rings is 1. The van der Waals surface area contributed by atoms with E-state index in [9.17, 15) is 4.79 Å². The van der Waals surface area contributed by atoms with Gasteiger partial charge in [0.2, 0.25) is 5.91 Å². The Labute approximate surface area is 89.7 Å². The second kappa shape index (κ2) is 3.57. The van der Waals surface area contributed by atoms with Crippen molar-refractivity contribution in [2.24, 2.45) is 0 Å². The Hall–Kier alpha value is -1.51. The van der Waals surface area contributed by atoms with Gasteiger partial charge in [-0.2, -0.15) is 0 Å². The highest BCUT2D eigenvalue weighted by atomic mass is 16.5. The fourth-order valence-corrected chi connectivity index (χ4v) is 2.21. The molecule has 1 aliphatic heterocycles.